The van der Waals surface area contributed by atoms with Crippen LogP contribution in [0.15, 0.2) is 53.5 Å². The minimum atomic E-state index is -0.258. The fourth-order valence-electron chi connectivity index (χ4n) is 3.92. The number of hydrogen-bond donors (Lipinski definition) is 1. The lowest BCUT2D eigenvalue weighted by molar-refractivity contribution is 0.0657. The molecule has 0 unspecified atom stereocenters. The molecular formula is C22H25FIN5O2. The van der Waals surface area contributed by atoms with Gasteiger partial charge < -0.3 is 15.1 Å². The van der Waals surface area contributed by atoms with Gasteiger partial charge in [-0.2, -0.15) is 0 Å². The van der Waals surface area contributed by atoms with Gasteiger partial charge >= 0.3 is 0 Å². The second-order valence-corrected chi connectivity index (χ2v) is 7.21. The number of amides is 2. The zero-order chi connectivity index (χ0) is 21.1. The molecule has 9 heteroatoms. The summed E-state index contributed by atoms with van der Waals surface area (Å²) in [5.41, 5.74) is 1.53. The average molecular weight is 537 g/mol. The second-order valence-electron chi connectivity index (χ2n) is 7.21. The van der Waals surface area contributed by atoms with Gasteiger partial charge in [-0.15, -0.1) is 24.0 Å². The molecule has 164 valence electrons. The standard InChI is InChI=1S/C22H24FN5O2.HI/c1-24-22(27-14-12-26(13-15-27)19-9-5-4-8-18(19)23)25-10-11-28-20(29)16-6-2-3-7-17(16)21(28)30;/h2-9H,10-15H2,1H3,(H,24,25);1H. The lowest BCUT2D eigenvalue weighted by Gasteiger charge is -2.37. The summed E-state index contributed by atoms with van der Waals surface area (Å²) in [7, 11) is 1.70. The number of rotatable bonds is 4. The molecule has 1 saturated heterocycles. The normalized spacial score (nSPS) is 16.3. The molecule has 0 radical (unpaired) electrons. The van der Waals surface area contributed by atoms with Crippen molar-refractivity contribution in [3.8, 4) is 0 Å². The van der Waals surface area contributed by atoms with Gasteiger partial charge in [0.2, 0.25) is 0 Å². The van der Waals surface area contributed by atoms with Gasteiger partial charge in [-0.1, -0.05) is 24.3 Å². The first kappa shape index (κ1) is 23.0. The summed E-state index contributed by atoms with van der Waals surface area (Å²) in [6.07, 6.45) is 0. The summed E-state index contributed by atoms with van der Waals surface area (Å²) in [6, 6.07) is 13.7. The van der Waals surface area contributed by atoms with Crippen LogP contribution in [0.1, 0.15) is 20.7 Å². The summed E-state index contributed by atoms with van der Waals surface area (Å²) in [4.78, 5) is 34.6. The molecule has 0 saturated carbocycles. The minimum absolute atomic E-state index is 0. The van der Waals surface area contributed by atoms with Gasteiger partial charge in [0.15, 0.2) is 5.96 Å². The number of aliphatic imine (C=N–C) groups is 1. The van der Waals surface area contributed by atoms with Crippen molar-refractivity contribution in [2.24, 2.45) is 4.99 Å². The van der Waals surface area contributed by atoms with Crippen molar-refractivity contribution in [1.82, 2.24) is 15.1 Å². The number of anilines is 1. The van der Waals surface area contributed by atoms with Gasteiger partial charge in [0.1, 0.15) is 5.82 Å². The lowest BCUT2D eigenvalue weighted by Crippen LogP contribution is -2.53. The van der Waals surface area contributed by atoms with E-state index in [1.165, 1.54) is 11.0 Å². The van der Waals surface area contributed by atoms with E-state index < -0.39 is 0 Å². The Labute approximate surface area is 197 Å². The van der Waals surface area contributed by atoms with Crippen LogP contribution in [0.5, 0.6) is 0 Å². The smallest absolute Gasteiger partial charge is 0.261 e. The molecule has 1 N–H and O–H groups in total. The van der Waals surface area contributed by atoms with Crippen LogP contribution >= 0.6 is 24.0 Å². The summed E-state index contributed by atoms with van der Waals surface area (Å²) in [5, 5.41) is 3.24. The first-order valence-electron chi connectivity index (χ1n) is 10.0. The Bertz CT molecular complexity index is 956. The van der Waals surface area contributed by atoms with Crippen molar-refractivity contribution in [3.05, 3.63) is 65.5 Å². The van der Waals surface area contributed by atoms with Gasteiger partial charge in [0.05, 0.1) is 16.8 Å². The molecule has 1 fully saturated rings. The monoisotopic (exact) mass is 537 g/mol. The number of benzene rings is 2. The number of nitrogens with zero attached hydrogens (tertiary/aromatic N) is 4. The molecule has 2 aromatic rings. The van der Waals surface area contributed by atoms with Crippen LogP contribution < -0.4 is 10.2 Å². The average Bonchev–Trinajstić information content (AvgIpc) is 3.02. The highest BCUT2D eigenvalue weighted by molar-refractivity contribution is 14.0. The molecule has 0 aromatic heterocycles. The maximum atomic E-state index is 14.0. The zero-order valence-corrected chi connectivity index (χ0v) is 19.6. The van der Waals surface area contributed by atoms with Crippen molar-refractivity contribution < 1.29 is 14.0 Å². The van der Waals surface area contributed by atoms with E-state index in [-0.39, 0.29) is 48.2 Å². The Hall–Kier alpha value is -2.69. The molecule has 2 heterocycles. The molecule has 0 spiro atoms. The predicted octanol–water partition coefficient (Wildman–Crippen LogP) is 2.44. The fourth-order valence-corrected chi connectivity index (χ4v) is 3.92. The number of imide groups is 1. The largest absolute Gasteiger partial charge is 0.366 e. The van der Waals surface area contributed by atoms with E-state index in [9.17, 15) is 14.0 Å². The van der Waals surface area contributed by atoms with Crippen LogP contribution in [0, 0.1) is 5.82 Å². The molecule has 2 aliphatic heterocycles. The topological polar surface area (TPSA) is 68.2 Å². The highest BCUT2D eigenvalue weighted by Gasteiger charge is 2.34. The molecule has 2 amide bonds. The molecule has 2 aliphatic rings. The number of halogens is 2. The number of hydrogen-bond acceptors (Lipinski definition) is 4. The van der Waals surface area contributed by atoms with Crippen molar-refractivity contribution in [1.29, 1.82) is 0 Å². The van der Waals surface area contributed by atoms with Crippen molar-refractivity contribution in [2.75, 3.05) is 51.2 Å². The molecule has 31 heavy (non-hydrogen) atoms. The van der Waals surface area contributed by atoms with Crippen LogP contribution in [-0.4, -0.2) is 73.9 Å². The van der Waals surface area contributed by atoms with Gasteiger partial charge in [-0.3, -0.25) is 19.5 Å². The van der Waals surface area contributed by atoms with E-state index >= 15 is 0 Å². The van der Waals surface area contributed by atoms with Crippen LogP contribution in [0.25, 0.3) is 0 Å². The summed E-state index contributed by atoms with van der Waals surface area (Å²) in [6.45, 7) is 3.42. The first-order valence-corrected chi connectivity index (χ1v) is 10.0. The predicted molar refractivity (Wildman–Crippen MR) is 129 cm³/mol. The molecule has 0 atom stereocenters. The zero-order valence-electron chi connectivity index (χ0n) is 17.3. The molecular weight excluding hydrogens is 512 g/mol. The van der Waals surface area contributed by atoms with Gasteiger partial charge in [-0.25, -0.2) is 4.39 Å². The van der Waals surface area contributed by atoms with Gasteiger partial charge in [0.25, 0.3) is 11.8 Å². The van der Waals surface area contributed by atoms with Crippen molar-refractivity contribution in [2.45, 2.75) is 0 Å². The Morgan fingerprint density at radius 2 is 1.55 bits per heavy atom. The molecule has 4 rings (SSSR count). The highest BCUT2D eigenvalue weighted by Crippen LogP contribution is 2.22. The minimum Gasteiger partial charge on any atom is -0.366 e. The maximum absolute atomic E-state index is 14.0. The Kier molecular flexibility index (Phi) is 7.47. The second kappa shape index (κ2) is 10.1. The van der Waals surface area contributed by atoms with Crippen LogP contribution in [0.4, 0.5) is 10.1 Å². The number of guanidine groups is 1. The Morgan fingerprint density at radius 3 is 2.13 bits per heavy atom. The number of para-hydroxylation sites is 1. The Morgan fingerprint density at radius 1 is 0.968 bits per heavy atom. The van der Waals surface area contributed by atoms with Crippen molar-refractivity contribution in [3.63, 3.8) is 0 Å². The van der Waals surface area contributed by atoms with E-state index in [4.69, 9.17) is 0 Å². The fraction of sp³-hybridized carbons (Fsp3) is 0.318. The third-order valence-corrected chi connectivity index (χ3v) is 5.48. The third kappa shape index (κ3) is 4.65. The van der Waals surface area contributed by atoms with Gasteiger partial charge in [-0.05, 0) is 24.3 Å². The maximum Gasteiger partial charge on any atom is 0.261 e. The van der Waals surface area contributed by atoms with Gasteiger partial charge in [0, 0.05) is 46.3 Å². The van der Waals surface area contributed by atoms with Crippen LogP contribution in [-0.2, 0) is 0 Å². The SMILES string of the molecule is CN=C(NCCN1C(=O)c2ccccc2C1=O)N1CCN(c2ccccc2F)CC1.I. The quantitative estimate of drug-likeness (QED) is 0.281. The van der Waals surface area contributed by atoms with E-state index in [0.717, 1.165) is 0 Å². The highest BCUT2D eigenvalue weighted by atomic mass is 127. The lowest BCUT2D eigenvalue weighted by atomic mass is 10.1. The summed E-state index contributed by atoms with van der Waals surface area (Å²) < 4.78 is 14.0. The van der Waals surface area contributed by atoms with E-state index in [2.05, 4.69) is 15.2 Å². The van der Waals surface area contributed by atoms with E-state index in [1.54, 1.807) is 43.4 Å². The number of carbonyl (C=O) groups excluding carboxylic acids is 2. The number of fused-ring (bicyclic) bond motifs is 1. The first-order chi connectivity index (χ1) is 14.6. The molecule has 7 nitrogen and oxygen atoms in total. The Balaban J connectivity index is 0.00000272. The van der Waals surface area contributed by atoms with E-state index in [1.807, 2.05) is 11.0 Å². The summed E-state index contributed by atoms with van der Waals surface area (Å²) >= 11 is 0. The van der Waals surface area contributed by atoms with Crippen LogP contribution in [0.3, 0.4) is 0 Å². The number of carbonyl (C=O) groups is 2. The number of nitrogens with one attached hydrogen (secondary N) is 1. The van der Waals surface area contributed by atoms with Crippen molar-refractivity contribution >= 4 is 47.4 Å². The summed E-state index contributed by atoms with van der Waals surface area (Å²) in [5.74, 6) is -0.0222. The molecule has 2 aromatic carbocycles. The third-order valence-electron chi connectivity index (χ3n) is 5.48. The number of piperazine rings is 1. The van der Waals surface area contributed by atoms with Crippen LogP contribution in [0.2, 0.25) is 0 Å². The van der Waals surface area contributed by atoms with E-state index in [0.29, 0.717) is 55.5 Å². The molecule has 0 bridgehead atoms. The molecule has 0 aliphatic carbocycles.